The lowest BCUT2D eigenvalue weighted by Gasteiger charge is -2.24. The summed E-state index contributed by atoms with van der Waals surface area (Å²) in [6.07, 6.45) is 0.693. The summed E-state index contributed by atoms with van der Waals surface area (Å²) in [5, 5.41) is 27.5. The molecule has 0 aliphatic carbocycles. The molecule has 10 nitrogen and oxygen atoms in total. The molecule has 0 spiro atoms. The number of nitrogens with zero attached hydrogens (tertiary/aromatic N) is 2. The summed E-state index contributed by atoms with van der Waals surface area (Å²) in [7, 11) is -4.16. The number of hydrogen-bond acceptors (Lipinski definition) is 6. The van der Waals surface area contributed by atoms with Crippen LogP contribution in [0.1, 0.15) is 5.56 Å². The van der Waals surface area contributed by atoms with Crippen LogP contribution in [0.2, 0.25) is 0 Å². The van der Waals surface area contributed by atoms with E-state index in [1.165, 1.54) is 12.1 Å². The number of carboxylic acids is 3. The zero-order valence-corrected chi connectivity index (χ0v) is 17.2. The molecule has 12 heteroatoms. The molecule has 0 saturated heterocycles. The van der Waals surface area contributed by atoms with E-state index in [1.807, 2.05) is 0 Å². The molecule has 0 aromatic heterocycles. The van der Waals surface area contributed by atoms with Crippen molar-refractivity contribution in [3.8, 4) is 0 Å². The quantitative estimate of drug-likeness (QED) is 0.335. The standard InChI is InChI=1S/C16H21BrN2O8S/c17-6-5-12-1-3-13(4-2-12)28(26,27)19(11-16(24)25)8-7-18(9-14(20)21)10-15(22)23/h1-4H,5-11H2,(H,20,21)(H,22,23)(H,24,25). The maximum atomic E-state index is 12.8. The summed E-state index contributed by atoms with van der Waals surface area (Å²) in [6.45, 7) is -2.70. The number of alkyl halides is 1. The Hall–Kier alpha value is -2.02. The highest BCUT2D eigenvalue weighted by Gasteiger charge is 2.27. The minimum Gasteiger partial charge on any atom is -0.480 e. The predicted octanol–water partition coefficient (Wildman–Crippen LogP) is 0.171. The van der Waals surface area contributed by atoms with E-state index in [0.717, 1.165) is 10.5 Å². The van der Waals surface area contributed by atoms with Crippen LogP contribution < -0.4 is 0 Å². The van der Waals surface area contributed by atoms with Gasteiger partial charge < -0.3 is 15.3 Å². The van der Waals surface area contributed by atoms with Gasteiger partial charge in [-0.1, -0.05) is 28.1 Å². The van der Waals surface area contributed by atoms with Crippen molar-refractivity contribution in [2.75, 3.05) is 38.1 Å². The normalized spacial score (nSPS) is 11.7. The smallest absolute Gasteiger partial charge is 0.318 e. The number of benzene rings is 1. The Bertz CT molecular complexity index is 781. The van der Waals surface area contributed by atoms with Crippen LogP contribution in [-0.4, -0.2) is 88.9 Å². The Labute approximate surface area is 170 Å². The van der Waals surface area contributed by atoms with Crippen LogP contribution in [0.4, 0.5) is 0 Å². The number of carbonyl (C=O) groups is 3. The van der Waals surface area contributed by atoms with Gasteiger partial charge >= 0.3 is 17.9 Å². The molecule has 0 bridgehead atoms. The third kappa shape index (κ3) is 7.92. The fourth-order valence-corrected chi connectivity index (χ4v) is 4.21. The van der Waals surface area contributed by atoms with Gasteiger partial charge in [0, 0.05) is 18.4 Å². The van der Waals surface area contributed by atoms with Gasteiger partial charge in [0.2, 0.25) is 10.0 Å². The van der Waals surface area contributed by atoms with Crippen molar-refractivity contribution in [2.45, 2.75) is 11.3 Å². The Morgan fingerprint density at radius 3 is 1.79 bits per heavy atom. The van der Waals surface area contributed by atoms with Crippen molar-refractivity contribution in [3.05, 3.63) is 29.8 Å². The van der Waals surface area contributed by atoms with Crippen LogP contribution in [0.25, 0.3) is 0 Å². The van der Waals surface area contributed by atoms with Crippen LogP contribution in [0.5, 0.6) is 0 Å². The number of sulfonamides is 1. The molecule has 0 saturated carbocycles. The molecular formula is C16H21BrN2O8S. The van der Waals surface area contributed by atoms with Gasteiger partial charge in [0.15, 0.2) is 0 Å². The van der Waals surface area contributed by atoms with Gasteiger partial charge in [0.05, 0.1) is 18.0 Å². The maximum Gasteiger partial charge on any atom is 0.318 e. The summed E-state index contributed by atoms with van der Waals surface area (Å²) < 4.78 is 26.3. The SMILES string of the molecule is O=C(O)CN(CCN(CC(=O)O)S(=O)(=O)c1ccc(CCBr)cc1)CC(=O)O. The Morgan fingerprint density at radius 2 is 1.36 bits per heavy atom. The van der Waals surface area contributed by atoms with E-state index in [-0.39, 0.29) is 18.0 Å². The molecule has 0 radical (unpaired) electrons. The highest BCUT2D eigenvalue weighted by atomic mass is 79.9. The lowest BCUT2D eigenvalue weighted by Crippen LogP contribution is -2.44. The number of hydrogen-bond donors (Lipinski definition) is 3. The van der Waals surface area contributed by atoms with Crippen molar-refractivity contribution < 1.29 is 38.1 Å². The van der Waals surface area contributed by atoms with E-state index < -0.39 is 47.6 Å². The topological polar surface area (TPSA) is 153 Å². The van der Waals surface area contributed by atoms with Gasteiger partial charge in [0.1, 0.15) is 6.54 Å². The molecule has 1 aromatic rings. The number of rotatable bonds is 13. The van der Waals surface area contributed by atoms with Gasteiger partial charge in [-0.15, -0.1) is 0 Å². The molecule has 0 atom stereocenters. The zero-order valence-electron chi connectivity index (χ0n) is 14.8. The monoisotopic (exact) mass is 480 g/mol. The molecule has 156 valence electrons. The fraction of sp³-hybridized carbons (Fsp3) is 0.438. The van der Waals surface area contributed by atoms with E-state index in [1.54, 1.807) is 12.1 Å². The van der Waals surface area contributed by atoms with E-state index in [2.05, 4.69) is 15.9 Å². The van der Waals surface area contributed by atoms with Gasteiger partial charge in [-0.2, -0.15) is 4.31 Å². The summed E-state index contributed by atoms with van der Waals surface area (Å²) in [4.78, 5) is 33.7. The van der Waals surface area contributed by atoms with Gasteiger partial charge in [-0.3, -0.25) is 19.3 Å². The zero-order chi connectivity index (χ0) is 21.3. The van der Waals surface area contributed by atoms with E-state index in [9.17, 15) is 22.8 Å². The fourth-order valence-electron chi connectivity index (χ4n) is 2.37. The number of aryl methyl sites for hydroxylation is 1. The van der Waals surface area contributed by atoms with Crippen molar-refractivity contribution >= 4 is 43.9 Å². The minimum absolute atomic E-state index is 0.102. The maximum absolute atomic E-state index is 12.8. The highest BCUT2D eigenvalue weighted by molar-refractivity contribution is 9.09. The third-order valence-electron chi connectivity index (χ3n) is 3.64. The lowest BCUT2D eigenvalue weighted by atomic mass is 10.2. The Morgan fingerprint density at radius 1 is 0.857 bits per heavy atom. The Kier molecular flexibility index (Phi) is 9.52. The molecule has 0 unspecified atom stereocenters. The van der Waals surface area contributed by atoms with Crippen LogP contribution in [-0.2, 0) is 30.8 Å². The van der Waals surface area contributed by atoms with Gasteiger partial charge in [-0.05, 0) is 24.1 Å². The summed E-state index contributed by atoms with van der Waals surface area (Å²) in [5.74, 6) is -3.95. The molecule has 28 heavy (non-hydrogen) atoms. The first-order valence-electron chi connectivity index (χ1n) is 8.09. The van der Waals surface area contributed by atoms with Crippen molar-refractivity contribution in [3.63, 3.8) is 0 Å². The molecule has 0 heterocycles. The van der Waals surface area contributed by atoms with Crippen molar-refractivity contribution in [1.82, 2.24) is 9.21 Å². The molecule has 3 N–H and O–H groups in total. The number of carboxylic acid groups (broad SMARTS) is 3. The molecule has 1 rings (SSSR count). The van der Waals surface area contributed by atoms with Crippen LogP contribution in [0.3, 0.4) is 0 Å². The van der Waals surface area contributed by atoms with E-state index >= 15 is 0 Å². The predicted molar refractivity (Wildman–Crippen MR) is 102 cm³/mol. The first-order valence-corrected chi connectivity index (χ1v) is 10.6. The highest BCUT2D eigenvalue weighted by Crippen LogP contribution is 2.17. The molecule has 0 amide bonds. The lowest BCUT2D eigenvalue weighted by molar-refractivity contribution is -0.142. The molecule has 1 aromatic carbocycles. The molecule has 0 aliphatic rings. The average Bonchev–Trinajstić information content (AvgIpc) is 2.57. The molecular weight excluding hydrogens is 460 g/mol. The second kappa shape index (κ2) is 11.1. The first-order chi connectivity index (χ1) is 13.1. The summed E-state index contributed by atoms with van der Waals surface area (Å²) >= 11 is 3.28. The van der Waals surface area contributed by atoms with Crippen LogP contribution >= 0.6 is 15.9 Å². The average molecular weight is 481 g/mol. The summed E-state index contributed by atoms with van der Waals surface area (Å²) in [6, 6.07) is 5.98. The van der Waals surface area contributed by atoms with Crippen molar-refractivity contribution in [1.29, 1.82) is 0 Å². The third-order valence-corrected chi connectivity index (χ3v) is 5.90. The minimum atomic E-state index is -4.16. The number of halogens is 1. The van der Waals surface area contributed by atoms with Gasteiger partial charge in [-0.25, -0.2) is 8.42 Å². The molecule has 0 fully saturated rings. The van der Waals surface area contributed by atoms with E-state index in [4.69, 9.17) is 15.3 Å². The largest absolute Gasteiger partial charge is 0.480 e. The van der Waals surface area contributed by atoms with E-state index in [0.29, 0.717) is 16.1 Å². The Balaban J connectivity index is 3.02. The molecule has 0 aliphatic heterocycles. The summed E-state index contributed by atoms with van der Waals surface area (Å²) in [5.41, 5.74) is 0.898. The number of aliphatic carboxylic acids is 3. The van der Waals surface area contributed by atoms with Gasteiger partial charge in [0.25, 0.3) is 0 Å². The first kappa shape index (κ1) is 24.0. The van der Waals surface area contributed by atoms with Crippen molar-refractivity contribution in [2.24, 2.45) is 0 Å². The second-order valence-corrected chi connectivity index (χ2v) is 8.54. The van der Waals surface area contributed by atoms with Crippen LogP contribution in [0, 0.1) is 0 Å². The second-order valence-electron chi connectivity index (χ2n) is 5.81. The van der Waals surface area contributed by atoms with Crippen LogP contribution in [0.15, 0.2) is 29.2 Å².